The van der Waals surface area contributed by atoms with Crippen molar-refractivity contribution in [1.82, 2.24) is 19.7 Å². The molecule has 4 aromatic rings. The van der Waals surface area contributed by atoms with Gasteiger partial charge >= 0.3 is 0 Å². The van der Waals surface area contributed by atoms with Crippen LogP contribution in [0.5, 0.6) is 11.5 Å². The van der Waals surface area contributed by atoms with E-state index in [2.05, 4.69) is 61.0 Å². The summed E-state index contributed by atoms with van der Waals surface area (Å²) < 4.78 is 19.4. The summed E-state index contributed by atoms with van der Waals surface area (Å²) in [6.07, 6.45) is 5.52. The summed E-state index contributed by atoms with van der Waals surface area (Å²) in [5, 5.41) is 4.41. The van der Waals surface area contributed by atoms with Crippen molar-refractivity contribution in [3.63, 3.8) is 0 Å². The van der Waals surface area contributed by atoms with Crippen molar-refractivity contribution in [3.8, 4) is 22.8 Å². The molecule has 0 aliphatic rings. The van der Waals surface area contributed by atoms with Crippen LogP contribution in [0.15, 0.2) is 55.0 Å². The molecule has 0 aliphatic heterocycles. The Labute approximate surface area is 220 Å². The molecular weight excluding hydrogens is 482 g/mol. The smallest absolute Gasteiger partial charge is 0.192 e. The molecule has 0 fully saturated rings. The van der Waals surface area contributed by atoms with Crippen LogP contribution in [0.3, 0.4) is 0 Å². The van der Waals surface area contributed by atoms with E-state index in [0.29, 0.717) is 13.2 Å². The van der Waals surface area contributed by atoms with Crippen molar-refractivity contribution in [1.29, 1.82) is 0 Å². The van der Waals surface area contributed by atoms with Crippen molar-refractivity contribution in [2.24, 2.45) is 7.05 Å². The highest BCUT2D eigenvalue weighted by Gasteiger charge is 2.37. The molecule has 0 spiro atoms. The maximum absolute atomic E-state index is 6.54. The number of hydrogen-bond acceptors (Lipinski definition) is 7. The molecule has 196 valence electrons. The molecule has 0 saturated carbocycles. The molecule has 0 saturated heterocycles. The first-order chi connectivity index (χ1) is 17.5. The minimum Gasteiger partial charge on any atom is -0.497 e. The van der Waals surface area contributed by atoms with Gasteiger partial charge in [-0.2, -0.15) is 5.10 Å². The van der Waals surface area contributed by atoms with E-state index in [4.69, 9.17) is 18.9 Å². The first-order valence-electron chi connectivity index (χ1n) is 12.4. The standard InChI is InChI=1S/C28H37N5O3Si/c1-28(2,3)37(7,8)36-12-11-33(22-13-23(34-5)16-24(14-22)35-6)21-9-10-25-26(15-21)31-27(18-29-25)20-17-30-32(4)19-20/h9-10,13-19H,11-12H2,1-8H3. The van der Waals surface area contributed by atoms with Crippen molar-refractivity contribution in [3.05, 3.63) is 55.0 Å². The first-order valence-corrected chi connectivity index (χ1v) is 15.3. The molecule has 0 bridgehead atoms. The number of benzene rings is 2. The van der Waals surface area contributed by atoms with Gasteiger partial charge in [-0.25, -0.2) is 4.98 Å². The third-order valence-electron chi connectivity index (χ3n) is 7.07. The minimum atomic E-state index is -1.90. The largest absolute Gasteiger partial charge is 0.497 e. The second kappa shape index (κ2) is 10.5. The Bertz CT molecular complexity index is 1360. The molecule has 0 atom stereocenters. The fraction of sp³-hybridized carbons (Fsp3) is 0.393. The van der Waals surface area contributed by atoms with Gasteiger partial charge in [0.1, 0.15) is 11.5 Å². The molecule has 0 amide bonds. The lowest BCUT2D eigenvalue weighted by Gasteiger charge is -2.37. The molecular formula is C28H37N5O3Si. The van der Waals surface area contributed by atoms with Gasteiger partial charge in [0.25, 0.3) is 0 Å². The van der Waals surface area contributed by atoms with Gasteiger partial charge in [0.05, 0.1) is 49.9 Å². The van der Waals surface area contributed by atoms with Gasteiger partial charge in [0.15, 0.2) is 8.32 Å². The van der Waals surface area contributed by atoms with E-state index < -0.39 is 8.32 Å². The number of aryl methyl sites for hydroxylation is 1. The summed E-state index contributed by atoms with van der Waals surface area (Å²) >= 11 is 0. The Morgan fingerprint density at radius 1 is 0.919 bits per heavy atom. The summed E-state index contributed by atoms with van der Waals surface area (Å²) in [6, 6.07) is 12.0. The van der Waals surface area contributed by atoms with Gasteiger partial charge in [0, 0.05) is 54.9 Å². The molecule has 8 nitrogen and oxygen atoms in total. The Balaban J connectivity index is 1.73. The van der Waals surface area contributed by atoms with Crippen molar-refractivity contribution < 1.29 is 13.9 Å². The summed E-state index contributed by atoms with van der Waals surface area (Å²) in [4.78, 5) is 11.8. The SMILES string of the molecule is COc1cc(OC)cc(N(CCO[Si](C)(C)C(C)(C)C)c2ccc3ncc(-c4cnn(C)c4)nc3c2)c1. The summed E-state index contributed by atoms with van der Waals surface area (Å²) in [7, 11) is 3.31. The lowest BCUT2D eigenvalue weighted by Crippen LogP contribution is -2.42. The molecule has 0 aliphatic carbocycles. The van der Waals surface area contributed by atoms with Crippen molar-refractivity contribution in [2.75, 3.05) is 32.3 Å². The average molecular weight is 520 g/mol. The van der Waals surface area contributed by atoms with Gasteiger partial charge in [-0.05, 0) is 36.3 Å². The molecule has 0 N–H and O–H groups in total. The van der Waals surface area contributed by atoms with Gasteiger partial charge in [-0.15, -0.1) is 0 Å². The van der Waals surface area contributed by atoms with Crippen LogP contribution < -0.4 is 14.4 Å². The predicted molar refractivity (Wildman–Crippen MR) is 151 cm³/mol. The molecule has 0 radical (unpaired) electrons. The Hall–Kier alpha value is -3.43. The number of anilines is 2. The van der Waals surface area contributed by atoms with Crippen LogP contribution in [-0.2, 0) is 11.5 Å². The fourth-order valence-electron chi connectivity index (χ4n) is 3.82. The number of nitrogens with zero attached hydrogens (tertiary/aromatic N) is 5. The van der Waals surface area contributed by atoms with E-state index in [9.17, 15) is 0 Å². The van der Waals surface area contributed by atoms with Crippen LogP contribution in [0, 0.1) is 0 Å². The van der Waals surface area contributed by atoms with E-state index >= 15 is 0 Å². The highest BCUT2D eigenvalue weighted by molar-refractivity contribution is 6.74. The van der Waals surface area contributed by atoms with E-state index in [-0.39, 0.29) is 5.04 Å². The number of aromatic nitrogens is 4. The van der Waals surface area contributed by atoms with E-state index in [1.54, 1.807) is 31.3 Å². The quantitative estimate of drug-likeness (QED) is 0.243. The topological polar surface area (TPSA) is 74.5 Å². The van der Waals surface area contributed by atoms with Gasteiger partial charge in [-0.3, -0.25) is 9.67 Å². The monoisotopic (exact) mass is 519 g/mol. The van der Waals surface area contributed by atoms with E-state index in [1.807, 2.05) is 37.5 Å². The third-order valence-corrected chi connectivity index (χ3v) is 11.6. The Kier molecular flexibility index (Phi) is 7.56. The van der Waals surface area contributed by atoms with E-state index in [0.717, 1.165) is 45.2 Å². The normalized spacial score (nSPS) is 12.1. The van der Waals surface area contributed by atoms with E-state index in [1.165, 1.54) is 0 Å². The summed E-state index contributed by atoms with van der Waals surface area (Å²) in [5.74, 6) is 1.45. The molecule has 0 unspecified atom stereocenters. The van der Waals surface area contributed by atoms with Crippen LogP contribution in [-0.4, -0.2) is 55.4 Å². The predicted octanol–water partition coefficient (Wildman–Crippen LogP) is 6.21. The van der Waals surface area contributed by atoms with Gasteiger partial charge < -0.3 is 18.8 Å². The number of ether oxygens (including phenoxy) is 2. The number of methoxy groups -OCH3 is 2. The van der Waals surface area contributed by atoms with Crippen LogP contribution in [0.1, 0.15) is 20.8 Å². The maximum Gasteiger partial charge on any atom is 0.192 e. The maximum atomic E-state index is 6.54. The van der Waals surface area contributed by atoms with Gasteiger partial charge in [-0.1, -0.05) is 20.8 Å². The molecule has 2 aromatic heterocycles. The molecule has 37 heavy (non-hydrogen) atoms. The lowest BCUT2D eigenvalue weighted by atomic mass is 10.2. The first kappa shape index (κ1) is 26.6. The van der Waals surface area contributed by atoms with Crippen LogP contribution in [0.25, 0.3) is 22.3 Å². The zero-order valence-corrected chi connectivity index (χ0v) is 24.1. The highest BCUT2D eigenvalue weighted by Crippen LogP contribution is 2.37. The van der Waals surface area contributed by atoms with Gasteiger partial charge in [0.2, 0.25) is 0 Å². The summed E-state index contributed by atoms with van der Waals surface area (Å²) in [6.45, 7) is 12.6. The number of fused-ring (bicyclic) bond motifs is 1. The lowest BCUT2D eigenvalue weighted by molar-refractivity contribution is 0.297. The van der Waals surface area contributed by atoms with Crippen molar-refractivity contribution >= 4 is 30.7 Å². The zero-order chi connectivity index (χ0) is 26.8. The molecule has 2 aromatic carbocycles. The van der Waals surface area contributed by atoms with Crippen LogP contribution >= 0.6 is 0 Å². The van der Waals surface area contributed by atoms with Crippen LogP contribution in [0.4, 0.5) is 11.4 Å². The third kappa shape index (κ3) is 5.94. The summed E-state index contributed by atoms with van der Waals surface area (Å²) in [5.41, 5.74) is 5.29. The molecule has 9 heteroatoms. The second-order valence-corrected chi connectivity index (χ2v) is 15.5. The Morgan fingerprint density at radius 2 is 1.62 bits per heavy atom. The van der Waals surface area contributed by atoms with Crippen LogP contribution in [0.2, 0.25) is 18.1 Å². The highest BCUT2D eigenvalue weighted by atomic mass is 28.4. The average Bonchev–Trinajstić information content (AvgIpc) is 3.31. The molecule has 4 rings (SSSR count). The number of hydrogen-bond donors (Lipinski definition) is 0. The fourth-order valence-corrected chi connectivity index (χ4v) is 4.86. The van der Waals surface area contributed by atoms with Crippen molar-refractivity contribution in [2.45, 2.75) is 38.9 Å². The molecule has 2 heterocycles. The zero-order valence-electron chi connectivity index (χ0n) is 23.1. The number of rotatable bonds is 9. The minimum absolute atomic E-state index is 0.137. The second-order valence-electron chi connectivity index (χ2n) is 10.7. The Morgan fingerprint density at radius 3 is 2.22 bits per heavy atom.